The standard InChI is InChI=1S/C21H26ClN3OS.2ClH/c22-16-7-8-21-19(14-16)25(18-5-1-2-6-20(18)27-21)10-3-4-17-15-23-9-11-24(17)12-13-26;;/h1-2,5-8,14,17,23,26H,3-4,9-13,15H2;2*1H. The van der Waals surface area contributed by atoms with Gasteiger partial charge in [-0.1, -0.05) is 35.5 Å². The van der Waals surface area contributed by atoms with E-state index in [1.54, 1.807) is 0 Å². The Morgan fingerprint density at radius 2 is 1.86 bits per heavy atom. The van der Waals surface area contributed by atoms with Crippen LogP contribution < -0.4 is 10.2 Å². The van der Waals surface area contributed by atoms with Crippen LogP contribution in [-0.4, -0.2) is 55.4 Å². The minimum atomic E-state index is 0. The van der Waals surface area contributed by atoms with Gasteiger partial charge in [-0.2, -0.15) is 0 Å². The van der Waals surface area contributed by atoms with Crippen LogP contribution in [0.3, 0.4) is 0 Å². The highest BCUT2D eigenvalue weighted by Crippen LogP contribution is 2.48. The Labute approximate surface area is 194 Å². The lowest BCUT2D eigenvalue weighted by Crippen LogP contribution is -2.52. The molecule has 4 nitrogen and oxygen atoms in total. The van der Waals surface area contributed by atoms with E-state index in [1.165, 1.54) is 21.2 Å². The van der Waals surface area contributed by atoms with E-state index in [2.05, 4.69) is 51.5 Å². The average Bonchev–Trinajstić information content (AvgIpc) is 2.69. The van der Waals surface area contributed by atoms with Crippen molar-refractivity contribution in [3.05, 3.63) is 47.5 Å². The Morgan fingerprint density at radius 1 is 1.07 bits per heavy atom. The number of aliphatic hydroxyl groups excluding tert-OH is 1. The van der Waals surface area contributed by atoms with Crippen LogP contribution in [0.4, 0.5) is 11.4 Å². The van der Waals surface area contributed by atoms with Crippen molar-refractivity contribution >= 4 is 59.6 Å². The van der Waals surface area contributed by atoms with Crippen molar-refractivity contribution in [2.45, 2.75) is 28.7 Å². The number of nitrogens with one attached hydrogen (secondary N) is 1. The summed E-state index contributed by atoms with van der Waals surface area (Å²) in [6.45, 7) is 5.02. The van der Waals surface area contributed by atoms with Crippen molar-refractivity contribution in [3.8, 4) is 0 Å². The molecule has 4 rings (SSSR count). The molecule has 29 heavy (non-hydrogen) atoms. The molecule has 0 radical (unpaired) electrons. The first-order valence-corrected chi connectivity index (χ1v) is 10.9. The van der Waals surface area contributed by atoms with Gasteiger partial charge in [-0.05, 0) is 43.2 Å². The summed E-state index contributed by atoms with van der Waals surface area (Å²) in [5.41, 5.74) is 2.48. The van der Waals surface area contributed by atoms with Crippen LogP contribution in [-0.2, 0) is 0 Å². The van der Waals surface area contributed by atoms with E-state index in [0.717, 1.165) is 50.6 Å². The minimum absolute atomic E-state index is 0. The summed E-state index contributed by atoms with van der Waals surface area (Å²) in [6.07, 6.45) is 2.22. The van der Waals surface area contributed by atoms with Crippen LogP contribution in [0.15, 0.2) is 52.3 Å². The fourth-order valence-corrected chi connectivity index (χ4v) is 5.28. The van der Waals surface area contributed by atoms with Crippen LogP contribution in [0.1, 0.15) is 12.8 Å². The number of hydrogen-bond acceptors (Lipinski definition) is 5. The zero-order chi connectivity index (χ0) is 18.6. The number of para-hydroxylation sites is 1. The molecule has 0 saturated carbocycles. The van der Waals surface area contributed by atoms with Crippen molar-refractivity contribution in [2.24, 2.45) is 0 Å². The van der Waals surface area contributed by atoms with Crippen molar-refractivity contribution in [1.29, 1.82) is 0 Å². The zero-order valence-electron chi connectivity index (χ0n) is 16.2. The fourth-order valence-electron chi connectivity index (χ4n) is 4.04. The first-order chi connectivity index (χ1) is 13.3. The molecule has 1 fully saturated rings. The van der Waals surface area contributed by atoms with Gasteiger partial charge >= 0.3 is 0 Å². The summed E-state index contributed by atoms with van der Waals surface area (Å²) in [6, 6.07) is 15.3. The Kier molecular flexibility index (Phi) is 9.89. The number of fused-ring (bicyclic) bond motifs is 2. The Balaban J connectivity index is 0.00000150. The molecule has 1 unspecified atom stereocenters. The Hall–Kier alpha value is -0.660. The molecule has 2 aromatic rings. The maximum atomic E-state index is 9.32. The third kappa shape index (κ3) is 5.73. The number of rotatable bonds is 6. The smallest absolute Gasteiger partial charge is 0.0567 e. The number of piperazine rings is 1. The molecular weight excluding hydrogens is 449 g/mol. The molecule has 0 aromatic heterocycles. The van der Waals surface area contributed by atoms with Crippen molar-refractivity contribution in [1.82, 2.24) is 10.2 Å². The third-order valence-corrected chi connectivity index (χ3v) is 6.73. The second-order valence-electron chi connectivity index (χ2n) is 7.09. The van der Waals surface area contributed by atoms with Gasteiger partial charge in [0, 0.05) is 53.6 Å². The molecule has 1 atom stereocenters. The van der Waals surface area contributed by atoms with Gasteiger partial charge in [0.05, 0.1) is 18.0 Å². The summed E-state index contributed by atoms with van der Waals surface area (Å²) in [5, 5.41) is 13.6. The monoisotopic (exact) mass is 475 g/mol. The summed E-state index contributed by atoms with van der Waals surface area (Å²) in [4.78, 5) is 7.40. The first-order valence-electron chi connectivity index (χ1n) is 9.66. The predicted molar refractivity (Wildman–Crippen MR) is 128 cm³/mol. The van der Waals surface area contributed by atoms with Crippen molar-refractivity contribution < 1.29 is 5.11 Å². The van der Waals surface area contributed by atoms with E-state index in [1.807, 2.05) is 17.8 Å². The van der Waals surface area contributed by atoms with E-state index in [0.29, 0.717) is 6.04 Å². The molecule has 160 valence electrons. The topological polar surface area (TPSA) is 38.7 Å². The van der Waals surface area contributed by atoms with Gasteiger partial charge in [0.25, 0.3) is 0 Å². The maximum absolute atomic E-state index is 9.32. The van der Waals surface area contributed by atoms with E-state index in [-0.39, 0.29) is 31.4 Å². The highest BCUT2D eigenvalue weighted by atomic mass is 35.5. The van der Waals surface area contributed by atoms with Gasteiger partial charge in [0.1, 0.15) is 0 Å². The molecular formula is C21H28Cl3N3OS. The van der Waals surface area contributed by atoms with Crippen LogP contribution in [0.5, 0.6) is 0 Å². The van der Waals surface area contributed by atoms with Gasteiger partial charge in [0.2, 0.25) is 0 Å². The highest BCUT2D eigenvalue weighted by Gasteiger charge is 2.25. The molecule has 2 aromatic carbocycles. The quantitative estimate of drug-likeness (QED) is 0.624. The van der Waals surface area contributed by atoms with E-state index < -0.39 is 0 Å². The van der Waals surface area contributed by atoms with E-state index in [4.69, 9.17) is 11.6 Å². The highest BCUT2D eigenvalue weighted by molar-refractivity contribution is 7.99. The minimum Gasteiger partial charge on any atom is -0.395 e. The molecule has 2 aliphatic rings. The number of β-amino-alcohol motifs (C(OH)–C–C–N with tert-alkyl or cyclic N) is 1. The van der Waals surface area contributed by atoms with Crippen LogP contribution in [0.25, 0.3) is 0 Å². The summed E-state index contributed by atoms with van der Waals surface area (Å²) in [5.74, 6) is 0. The summed E-state index contributed by atoms with van der Waals surface area (Å²) >= 11 is 8.12. The number of hydrogen-bond donors (Lipinski definition) is 2. The molecule has 2 heterocycles. The first kappa shape index (κ1) is 24.6. The fraction of sp³-hybridized carbons (Fsp3) is 0.429. The van der Waals surface area contributed by atoms with Gasteiger partial charge < -0.3 is 15.3 Å². The Bertz CT molecular complexity index is 794. The normalized spacial score (nSPS) is 18.3. The lowest BCUT2D eigenvalue weighted by Gasteiger charge is -2.37. The number of benzene rings is 2. The summed E-state index contributed by atoms with van der Waals surface area (Å²) < 4.78 is 0. The van der Waals surface area contributed by atoms with E-state index in [9.17, 15) is 5.11 Å². The van der Waals surface area contributed by atoms with Crippen LogP contribution in [0, 0.1) is 0 Å². The number of halogens is 3. The van der Waals surface area contributed by atoms with Crippen molar-refractivity contribution in [2.75, 3.05) is 44.2 Å². The number of anilines is 2. The molecule has 0 aliphatic carbocycles. The molecule has 0 spiro atoms. The van der Waals surface area contributed by atoms with Crippen LogP contribution >= 0.6 is 48.2 Å². The predicted octanol–water partition coefficient (Wildman–Crippen LogP) is 4.83. The Morgan fingerprint density at radius 3 is 2.69 bits per heavy atom. The van der Waals surface area contributed by atoms with Gasteiger partial charge in [-0.3, -0.25) is 4.90 Å². The third-order valence-electron chi connectivity index (χ3n) is 5.37. The number of aliphatic hydroxyl groups is 1. The molecule has 2 aliphatic heterocycles. The van der Waals surface area contributed by atoms with Gasteiger partial charge in [-0.25, -0.2) is 0 Å². The number of nitrogens with zero attached hydrogens (tertiary/aromatic N) is 2. The zero-order valence-corrected chi connectivity index (χ0v) is 19.4. The molecule has 8 heteroatoms. The second kappa shape index (κ2) is 11.7. The lowest BCUT2D eigenvalue weighted by molar-refractivity contribution is 0.120. The molecule has 1 saturated heterocycles. The van der Waals surface area contributed by atoms with Crippen molar-refractivity contribution in [3.63, 3.8) is 0 Å². The SMILES string of the molecule is Cl.Cl.OCCN1CCNCC1CCCN1c2ccccc2Sc2ccc(Cl)cc21. The lowest BCUT2D eigenvalue weighted by atomic mass is 10.1. The van der Waals surface area contributed by atoms with Gasteiger partial charge in [-0.15, -0.1) is 24.8 Å². The maximum Gasteiger partial charge on any atom is 0.0567 e. The van der Waals surface area contributed by atoms with Crippen LogP contribution in [0.2, 0.25) is 5.02 Å². The molecule has 0 amide bonds. The average molecular weight is 477 g/mol. The summed E-state index contributed by atoms with van der Waals surface area (Å²) in [7, 11) is 0. The second-order valence-corrected chi connectivity index (χ2v) is 8.61. The molecule has 2 N–H and O–H groups in total. The van der Waals surface area contributed by atoms with Gasteiger partial charge in [0.15, 0.2) is 0 Å². The van der Waals surface area contributed by atoms with E-state index >= 15 is 0 Å². The largest absolute Gasteiger partial charge is 0.395 e. The molecule has 0 bridgehead atoms.